The van der Waals surface area contributed by atoms with Gasteiger partial charge in [0.1, 0.15) is 6.54 Å². The highest BCUT2D eigenvalue weighted by molar-refractivity contribution is 7.99. The van der Waals surface area contributed by atoms with E-state index in [2.05, 4.69) is 39.8 Å². The summed E-state index contributed by atoms with van der Waals surface area (Å²) in [5.74, 6) is 1.22. The van der Waals surface area contributed by atoms with E-state index in [0.29, 0.717) is 12.4 Å². The summed E-state index contributed by atoms with van der Waals surface area (Å²) >= 11 is 1.71. The Morgan fingerprint density at radius 2 is 1.88 bits per heavy atom. The molecule has 0 aliphatic carbocycles. The minimum absolute atomic E-state index is 0.0655. The van der Waals surface area contributed by atoms with Crippen LogP contribution in [0.25, 0.3) is 11.4 Å². The largest absolute Gasteiger partial charge is 0.354 e. The quantitative estimate of drug-likeness (QED) is 0.490. The molecule has 134 valence electrons. The molecule has 0 fully saturated rings. The molecule has 1 heterocycles. The molecule has 26 heavy (non-hydrogen) atoms. The number of hydrogen-bond acceptors (Lipinski definition) is 5. The van der Waals surface area contributed by atoms with Gasteiger partial charge in [0.25, 0.3) is 0 Å². The average Bonchev–Trinajstić information content (AvgIpc) is 3.14. The number of benzene rings is 2. The molecule has 1 N–H and O–H groups in total. The first-order valence-electron chi connectivity index (χ1n) is 8.56. The van der Waals surface area contributed by atoms with Crippen molar-refractivity contribution in [2.75, 3.05) is 12.3 Å². The molecule has 0 aliphatic heterocycles. The lowest BCUT2D eigenvalue weighted by Crippen LogP contribution is -2.30. The maximum atomic E-state index is 12.0. The van der Waals surface area contributed by atoms with Gasteiger partial charge in [-0.15, -0.1) is 22.0 Å². The van der Waals surface area contributed by atoms with Gasteiger partial charge in [-0.05, 0) is 29.3 Å². The third kappa shape index (κ3) is 5.16. The first-order chi connectivity index (χ1) is 12.7. The number of rotatable bonds is 8. The molecule has 3 rings (SSSR count). The van der Waals surface area contributed by atoms with Gasteiger partial charge in [-0.1, -0.05) is 49.4 Å². The van der Waals surface area contributed by atoms with Gasteiger partial charge in [0.05, 0.1) is 0 Å². The third-order valence-electron chi connectivity index (χ3n) is 3.79. The van der Waals surface area contributed by atoms with E-state index in [1.165, 1.54) is 15.3 Å². The highest BCUT2D eigenvalue weighted by Gasteiger charge is 2.09. The average molecular weight is 367 g/mol. The fourth-order valence-electron chi connectivity index (χ4n) is 2.38. The van der Waals surface area contributed by atoms with Gasteiger partial charge < -0.3 is 5.32 Å². The van der Waals surface area contributed by atoms with Crippen molar-refractivity contribution in [1.29, 1.82) is 0 Å². The first-order valence-corrected chi connectivity index (χ1v) is 9.55. The summed E-state index contributed by atoms with van der Waals surface area (Å²) in [5.41, 5.74) is 2.15. The van der Waals surface area contributed by atoms with Crippen molar-refractivity contribution in [2.45, 2.75) is 24.8 Å². The van der Waals surface area contributed by atoms with Crippen molar-refractivity contribution in [3.8, 4) is 11.4 Å². The van der Waals surface area contributed by atoms with Crippen LogP contribution in [0.2, 0.25) is 0 Å². The number of tetrazole rings is 1. The Bertz CT molecular complexity index is 833. The van der Waals surface area contributed by atoms with Crippen LogP contribution in [0.5, 0.6) is 0 Å². The van der Waals surface area contributed by atoms with Crippen molar-refractivity contribution in [3.05, 3.63) is 60.2 Å². The molecular formula is C19H21N5OS. The van der Waals surface area contributed by atoms with Crippen LogP contribution in [0.3, 0.4) is 0 Å². The SMILES string of the molecule is CCc1ccc(-c2nnn(CC(=O)NCCSc3ccccc3)n2)cc1. The van der Waals surface area contributed by atoms with Crippen LogP contribution in [0.1, 0.15) is 12.5 Å². The van der Waals surface area contributed by atoms with Crippen LogP contribution in [0.4, 0.5) is 0 Å². The second-order valence-corrected chi connectivity index (χ2v) is 6.87. The second kappa shape index (κ2) is 9.15. The van der Waals surface area contributed by atoms with Crippen molar-refractivity contribution < 1.29 is 4.79 Å². The molecule has 3 aromatic rings. The molecule has 0 unspecified atom stereocenters. The zero-order chi connectivity index (χ0) is 18.2. The topological polar surface area (TPSA) is 72.7 Å². The molecule has 0 bridgehead atoms. The number of amides is 1. The Kier molecular flexibility index (Phi) is 6.38. The highest BCUT2D eigenvalue weighted by Crippen LogP contribution is 2.16. The fourth-order valence-corrected chi connectivity index (χ4v) is 3.17. The molecule has 1 amide bonds. The van der Waals surface area contributed by atoms with Crippen LogP contribution in [0, 0.1) is 0 Å². The van der Waals surface area contributed by atoms with Gasteiger partial charge in [0.2, 0.25) is 11.7 Å². The minimum Gasteiger partial charge on any atom is -0.354 e. The van der Waals surface area contributed by atoms with E-state index >= 15 is 0 Å². The van der Waals surface area contributed by atoms with Crippen molar-refractivity contribution in [3.63, 3.8) is 0 Å². The third-order valence-corrected chi connectivity index (χ3v) is 4.81. The smallest absolute Gasteiger partial charge is 0.243 e. The van der Waals surface area contributed by atoms with Crippen LogP contribution in [0.15, 0.2) is 59.5 Å². The Hall–Kier alpha value is -2.67. The monoisotopic (exact) mass is 367 g/mol. The second-order valence-electron chi connectivity index (χ2n) is 5.71. The fraction of sp³-hybridized carbons (Fsp3) is 0.263. The molecule has 1 aromatic heterocycles. The number of aromatic nitrogens is 4. The van der Waals surface area contributed by atoms with Gasteiger partial charge in [-0.3, -0.25) is 4.79 Å². The molecule has 0 saturated heterocycles. The normalized spacial score (nSPS) is 10.7. The Labute approximate surface area is 157 Å². The van der Waals surface area contributed by atoms with E-state index in [1.807, 2.05) is 42.5 Å². The van der Waals surface area contributed by atoms with Gasteiger partial charge >= 0.3 is 0 Å². The van der Waals surface area contributed by atoms with E-state index in [1.54, 1.807) is 11.8 Å². The first kappa shape index (κ1) is 18.1. The predicted molar refractivity (Wildman–Crippen MR) is 103 cm³/mol. The Morgan fingerprint density at radius 3 is 2.62 bits per heavy atom. The summed E-state index contributed by atoms with van der Waals surface area (Å²) in [6.07, 6.45) is 0.989. The van der Waals surface area contributed by atoms with Gasteiger partial charge in [0, 0.05) is 22.8 Å². The minimum atomic E-state index is -0.121. The van der Waals surface area contributed by atoms with Crippen LogP contribution >= 0.6 is 11.8 Å². The number of aryl methyl sites for hydroxylation is 1. The number of nitrogens with one attached hydrogen (secondary N) is 1. The lowest BCUT2D eigenvalue weighted by atomic mass is 10.1. The number of hydrogen-bond donors (Lipinski definition) is 1. The summed E-state index contributed by atoms with van der Waals surface area (Å²) in [4.78, 5) is 14.5. The van der Waals surface area contributed by atoms with Gasteiger partial charge in [-0.25, -0.2) is 0 Å². The molecule has 0 spiro atoms. The van der Waals surface area contributed by atoms with E-state index in [9.17, 15) is 4.79 Å². The van der Waals surface area contributed by atoms with Crippen molar-refractivity contribution in [1.82, 2.24) is 25.5 Å². The molecule has 6 nitrogen and oxygen atoms in total. The van der Waals surface area contributed by atoms with Crippen molar-refractivity contribution in [2.24, 2.45) is 0 Å². The number of carbonyl (C=O) groups excluding carboxylic acids is 1. The zero-order valence-corrected chi connectivity index (χ0v) is 15.4. The Morgan fingerprint density at radius 1 is 1.12 bits per heavy atom. The van der Waals surface area contributed by atoms with E-state index < -0.39 is 0 Å². The predicted octanol–water partition coefficient (Wildman–Crippen LogP) is 2.81. The molecule has 0 saturated carbocycles. The van der Waals surface area contributed by atoms with E-state index in [0.717, 1.165) is 17.7 Å². The highest BCUT2D eigenvalue weighted by atomic mass is 32.2. The van der Waals surface area contributed by atoms with Crippen LogP contribution in [-0.2, 0) is 17.8 Å². The summed E-state index contributed by atoms with van der Waals surface area (Å²) in [7, 11) is 0. The summed E-state index contributed by atoms with van der Waals surface area (Å²) < 4.78 is 0. The lowest BCUT2D eigenvalue weighted by Gasteiger charge is -2.04. The van der Waals surface area contributed by atoms with Crippen LogP contribution in [-0.4, -0.2) is 38.4 Å². The van der Waals surface area contributed by atoms with Gasteiger partial charge in [-0.2, -0.15) is 4.80 Å². The number of carbonyl (C=O) groups is 1. The zero-order valence-electron chi connectivity index (χ0n) is 14.6. The molecule has 0 atom stereocenters. The van der Waals surface area contributed by atoms with Crippen molar-refractivity contribution >= 4 is 17.7 Å². The van der Waals surface area contributed by atoms with Crippen LogP contribution < -0.4 is 5.32 Å². The summed E-state index contributed by atoms with van der Waals surface area (Å²) in [5, 5.41) is 15.1. The lowest BCUT2D eigenvalue weighted by molar-refractivity contribution is -0.121. The Balaban J connectivity index is 1.45. The molecule has 2 aromatic carbocycles. The molecule has 0 aliphatic rings. The van der Waals surface area contributed by atoms with Gasteiger partial charge in [0.15, 0.2) is 0 Å². The van der Waals surface area contributed by atoms with E-state index in [4.69, 9.17) is 0 Å². The number of thioether (sulfide) groups is 1. The van der Waals surface area contributed by atoms with E-state index in [-0.39, 0.29) is 12.5 Å². The standard InChI is InChI=1S/C19H21N5OS/c1-2-15-8-10-16(11-9-15)19-21-23-24(22-19)14-18(25)20-12-13-26-17-6-4-3-5-7-17/h3-11H,2,12-14H2,1H3,(H,20,25). The number of nitrogens with zero attached hydrogens (tertiary/aromatic N) is 4. The molecule has 7 heteroatoms. The molecule has 0 radical (unpaired) electrons. The maximum absolute atomic E-state index is 12.0. The summed E-state index contributed by atoms with van der Waals surface area (Å²) in [6.45, 7) is 2.77. The maximum Gasteiger partial charge on any atom is 0.243 e. The summed E-state index contributed by atoms with van der Waals surface area (Å²) in [6, 6.07) is 18.2. The molecular weight excluding hydrogens is 346 g/mol.